The molecule has 0 radical (unpaired) electrons. The SMILES string of the molecule is CCC(C)NC(=O)CNC(=O)C1CCCO1. The Labute approximate surface area is 95.9 Å². The smallest absolute Gasteiger partial charge is 0.249 e. The third-order valence-electron chi connectivity index (χ3n) is 2.67. The summed E-state index contributed by atoms with van der Waals surface area (Å²) in [4.78, 5) is 22.9. The molecule has 0 aliphatic carbocycles. The van der Waals surface area contributed by atoms with E-state index in [0.29, 0.717) is 6.61 Å². The highest BCUT2D eigenvalue weighted by Crippen LogP contribution is 2.11. The zero-order chi connectivity index (χ0) is 12.0. The van der Waals surface area contributed by atoms with Gasteiger partial charge in [-0.25, -0.2) is 0 Å². The second kappa shape index (κ2) is 6.48. The van der Waals surface area contributed by atoms with Gasteiger partial charge in [0.25, 0.3) is 0 Å². The number of hydrogen-bond acceptors (Lipinski definition) is 3. The van der Waals surface area contributed by atoms with Crippen molar-refractivity contribution >= 4 is 11.8 Å². The Morgan fingerprint density at radius 2 is 2.25 bits per heavy atom. The lowest BCUT2D eigenvalue weighted by molar-refractivity contribution is -0.132. The molecule has 2 atom stereocenters. The highest BCUT2D eigenvalue weighted by molar-refractivity contribution is 5.87. The predicted molar refractivity (Wildman–Crippen MR) is 59.9 cm³/mol. The maximum atomic E-state index is 11.5. The Morgan fingerprint density at radius 3 is 2.81 bits per heavy atom. The Morgan fingerprint density at radius 1 is 1.50 bits per heavy atom. The number of carbonyl (C=O) groups excluding carboxylic acids is 2. The molecule has 92 valence electrons. The molecule has 1 heterocycles. The Kier molecular flexibility index (Phi) is 5.25. The van der Waals surface area contributed by atoms with Gasteiger partial charge >= 0.3 is 0 Å². The van der Waals surface area contributed by atoms with Gasteiger partial charge in [0.15, 0.2) is 0 Å². The van der Waals surface area contributed by atoms with Crippen LogP contribution in [0.2, 0.25) is 0 Å². The number of nitrogens with one attached hydrogen (secondary N) is 2. The molecule has 0 aromatic heterocycles. The lowest BCUT2D eigenvalue weighted by Crippen LogP contribution is -2.43. The van der Waals surface area contributed by atoms with Crippen LogP contribution >= 0.6 is 0 Å². The van der Waals surface area contributed by atoms with Crippen LogP contribution in [0.3, 0.4) is 0 Å². The number of rotatable bonds is 5. The third kappa shape index (κ3) is 4.18. The highest BCUT2D eigenvalue weighted by Gasteiger charge is 2.23. The molecule has 1 aliphatic heterocycles. The molecular weight excluding hydrogens is 208 g/mol. The van der Waals surface area contributed by atoms with E-state index in [2.05, 4.69) is 10.6 Å². The fourth-order valence-electron chi connectivity index (χ4n) is 1.49. The average molecular weight is 228 g/mol. The van der Waals surface area contributed by atoms with Crippen molar-refractivity contribution in [1.82, 2.24) is 10.6 Å². The van der Waals surface area contributed by atoms with Gasteiger partial charge in [-0.2, -0.15) is 0 Å². The summed E-state index contributed by atoms with van der Waals surface area (Å²) in [6, 6.07) is 0.145. The zero-order valence-corrected chi connectivity index (χ0v) is 9.91. The average Bonchev–Trinajstić information content (AvgIpc) is 2.79. The van der Waals surface area contributed by atoms with Crippen LogP contribution in [-0.4, -0.2) is 37.1 Å². The molecular formula is C11H20N2O3. The van der Waals surface area contributed by atoms with Gasteiger partial charge < -0.3 is 15.4 Å². The minimum Gasteiger partial charge on any atom is -0.368 e. The van der Waals surface area contributed by atoms with Gasteiger partial charge in [-0.3, -0.25) is 9.59 Å². The molecule has 0 aromatic rings. The van der Waals surface area contributed by atoms with Crippen molar-refractivity contribution < 1.29 is 14.3 Å². The van der Waals surface area contributed by atoms with Crippen molar-refractivity contribution in [3.8, 4) is 0 Å². The second-order valence-electron chi connectivity index (χ2n) is 4.10. The summed E-state index contributed by atoms with van der Waals surface area (Å²) >= 11 is 0. The van der Waals surface area contributed by atoms with E-state index in [4.69, 9.17) is 4.74 Å². The Bertz CT molecular complexity index is 250. The van der Waals surface area contributed by atoms with Crippen LogP contribution in [-0.2, 0) is 14.3 Å². The van der Waals surface area contributed by atoms with E-state index in [1.807, 2.05) is 13.8 Å². The van der Waals surface area contributed by atoms with E-state index in [1.165, 1.54) is 0 Å². The van der Waals surface area contributed by atoms with Crippen LogP contribution in [0.5, 0.6) is 0 Å². The minimum absolute atomic E-state index is 0.0308. The number of hydrogen-bond donors (Lipinski definition) is 2. The van der Waals surface area contributed by atoms with Gasteiger partial charge in [-0.15, -0.1) is 0 Å². The topological polar surface area (TPSA) is 67.4 Å². The monoisotopic (exact) mass is 228 g/mol. The van der Waals surface area contributed by atoms with E-state index in [-0.39, 0.29) is 30.5 Å². The van der Waals surface area contributed by atoms with Crippen LogP contribution in [0, 0.1) is 0 Å². The summed E-state index contributed by atoms with van der Waals surface area (Å²) in [5, 5.41) is 5.36. The maximum absolute atomic E-state index is 11.5. The summed E-state index contributed by atoms with van der Waals surface area (Å²) in [6.45, 7) is 4.59. The molecule has 2 unspecified atom stereocenters. The van der Waals surface area contributed by atoms with Crippen molar-refractivity contribution in [3.05, 3.63) is 0 Å². The summed E-state index contributed by atoms with van der Waals surface area (Å²) in [5.74, 6) is -0.336. The summed E-state index contributed by atoms with van der Waals surface area (Å²) in [5.41, 5.74) is 0. The lowest BCUT2D eigenvalue weighted by Gasteiger charge is -2.13. The quantitative estimate of drug-likeness (QED) is 0.706. The standard InChI is InChI=1S/C11H20N2O3/c1-3-8(2)13-10(14)7-12-11(15)9-5-4-6-16-9/h8-9H,3-7H2,1-2H3,(H,12,15)(H,13,14). The first-order valence-electron chi connectivity index (χ1n) is 5.82. The summed E-state index contributed by atoms with van der Waals surface area (Å²) in [6.07, 6.45) is 2.18. The first-order valence-corrected chi connectivity index (χ1v) is 5.82. The summed E-state index contributed by atoms with van der Waals surface area (Å²) < 4.78 is 5.21. The van der Waals surface area contributed by atoms with Gasteiger partial charge in [-0.1, -0.05) is 6.92 Å². The Hall–Kier alpha value is -1.10. The molecule has 0 aromatic carbocycles. The molecule has 1 rings (SSSR count). The first-order chi connectivity index (χ1) is 7.63. The number of amides is 2. The van der Waals surface area contributed by atoms with E-state index >= 15 is 0 Å². The molecule has 0 saturated carbocycles. The number of carbonyl (C=O) groups is 2. The second-order valence-corrected chi connectivity index (χ2v) is 4.10. The molecule has 0 bridgehead atoms. The van der Waals surface area contributed by atoms with Crippen LogP contribution in [0.1, 0.15) is 33.1 Å². The van der Waals surface area contributed by atoms with Gasteiger partial charge in [0, 0.05) is 12.6 Å². The van der Waals surface area contributed by atoms with Gasteiger partial charge in [0.1, 0.15) is 6.10 Å². The normalized spacial score (nSPS) is 21.5. The van der Waals surface area contributed by atoms with E-state index in [1.54, 1.807) is 0 Å². The Balaban J connectivity index is 2.18. The largest absolute Gasteiger partial charge is 0.368 e. The van der Waals surface area contributed by atoms with Crippen LogP contribution in [0.25, 0.3) is 0 Å². The van der Waals surface area contributed by atoms with Crippen LogP contribution in [0.15, 0.2) is 0 Å². The summed E-state index contributed by atoms with van der Waals surface area (Å²) in [7, 11) is 0. The van der Waals surface area contributed by atoms with Crippen molar-refractivity contribution in [2.24, 2.45) is 0 Å². The highest BCUT2D eigenvalue weighted by atomic mass is 16.5. The first kappa shape index (κ1) is 13.0. The molecule has 0 spiro atoms. The van der Waals surface area contributed by atoms with Crippen LogP contribution in [0.4, 0.5) is 0 Å². The molecule has 5 nitrogen and oxygen atoms in total. The van der Waals surface area contributed by atoms with Crippen molar-refractivity contribution in [3.63, 3.8) is 0 Å². The molecule has 16 heavy (non-hydrogen) atoms. The van der Waals surface area contributed by atoms with Gasteiger partial charge in [0.2, 0.25) is 11.8 Å². The fourth-order valence-corrected chi connectivity index (χ4v) is 1.49. The van der Waals surface area contributed by atoms with Gasteiger partial charge in [-0.05, 0) is 26.2 Å². The predicted octanol–water partition coefficient (Wildman–Crippen LogP) is 0.196. The lowest BCUT2D eigenvalue weighted by atomic mass is 10.2. The third-order valence-corrected chi connectivity index (χ3v) is 2.67. The molecule has 1 fully saturated rings. The maximum Gasteiger partial charge on any atom is 0.249 e. The van der Waals surface area contributed by atoms with E-state index in [9.17, 15) is 9.59 Å². The van der Waals surface area contributed by atoms with Crippen molar-refractivity contribution in [1.29, 1.82) is 0 Å². The van der Waals surface area contributed by atoms with E-state index in [0.717, 1.165) is 19.3 Å². The fraction of sp³-hybridized carbons (Fsp3) is 0.818. The van der Waals surface area contributed by atoms with E-state index < -0.39 is 0 Å². The number of ether oxygens (including phenoxy) is 1. The molecule has 5 heteroatoms. The van der Waals surface area contributed by atoms with Gasteiger partial charge in [0.05, 0.1) is 6.54 Å². The molecule has 2 N–H and O–H groups in total. The van der Waals surface area contributed by atoms with Crippen molar-refractivity contribution in [2.45, 2.75) is 45.3 Å². The molecule has 2 amide bonds. The minimum atomic E-state index is -0.364. The zero-order valence-electron chi connectivity index (χ0n) is 9.91. The molecule has 1 saturated heterocycles. The van der Waals surface area contributed by atoms with Crippen molar-refractivity contribution in [2.75, 3.05) is 13.2 Å². The molecule has 1 aliphatic rings. The van der Waals surface area contributed by atoms with Crippen LogP contribution < -0.4 is 10.6 Å².